The first kappa shape index (κ1) is 15.7. The van der Waals surface area contributed by atoms with Crippen LogP contribution in [-0.4, -0.2) is 20.4 Å². The molecule has 2 aromatic heterocycles. The molecule has 1 aromatic carbocycles. The lowest BCUT2D eigenvalue weighted by molar-refractivity contribution is -0.121. The molecule has 0 saturated heterocycles. The highest BCUT2D eigenvalue weighted by Gasteiger charge is 2.09. The molecule has 7 heteroatoms. The molecule has 24 heavy (non-hydrogen) atoms. The summed E-state index contributed by atoms with van der Waals surface area (Å²) >= 11 is 0. The molecule has 3 aromatic rings. The van der Waals surface area contributed by atoms with Crippen LogP contribution in [0.4, 0.5) is 0 Å². The number of pyridine rings is 1. The number of aromatic amines is 1. The highest BCUT2D eigenvalue weighted by Crippen LogP contribution is 2.03. The van der Waals surface area contributed by atoms with Crippen LogP contribution in [0.25, 0.3) is 10.9 Å². The number of hydrogen-bond acceptors (Lipinski definition) is 4. The molecule has 0 radical (unpaired) electrons. The zero-order valence-corrected chi connectivity index (χ0v) is 12.9. The summed E-state index contributed by atoms with van der Waals surface area (Å²) < 4.78 is 1.05. The number of fused-ring (bicyclic) bond motifs is 1. The minimum Gasteiger partial charge on any atom is -0.352 e. The molecule has 1 amide bonds. The Bertz CT molecular complexity index is 976. The minimum absolute atomic E-state index is 0.0257. The molecular weight excluding hydrogens is 308 g/mol. The summed E-state index contributed by atoms with van der Waals surface area (Å²) in [5, 5.41) is 3.16. The number of aromatic nitrogens is 3. The molecule has 0 fully saturated rings. The predicted octanol–water partition coefficient (Wildman–Crippen LogP) is 0.791. The fraction of sp³-hybridized carbons (Fsp3) is 0.176. The van der Waals surface area contributed by atoms with Crippen molar-refractivity contribution in [3.8, 4) is 0 Å². The Kier molecular flexibility index (Phi) is 4.51. The average Bonchev–Trinajstić information content (AvgIpc) is 2.60. The number of H-pyrrole nitrogens is 1. The Morgan fingerprint density at radius 2 is 2.00 bits per heavy atom. The summed E-state index contributed by atoms with van der Waals surface area (Å²) in [5.41, 5.74) is 0.463. The lowest BCUT2D eigenvalue weighted by Gasteiger charge is -2.07. The van der Waals surface area contributed by atoms with Crippen LogP contribution in [0.1, 0.15) is 12.0 Å². The topological polar surface area (TPSA) is 96.9 Å². The summed E-state index contributed by atoms with van der Waals surface area (Å²) in [5.74, 6) is -0.238. The molecule has 2 N–H and O–H groups in total. The van der Waals surface area contributed by atoms with Crippen LogP contribution in [-0.2, 0) is 17.9 Å². The number of nitrogens with zero attached hydrogens (tertiary/aromatic N) is 2. The minimum atomic E-state index is -0.515. The first-order valence-electron chi connectivity index (χ1n) is 7.52. The molecule has 2 heterocycles. The highest BCUT2D eigenvalue weighted by molar-refractivity contribution is 5.77. The maximum absolute atomic E-state index is 12.3. The highest BCUT2D eigenvalue weighted by atomic mass is 16.2. The van der Waals surface area contributed by atoms with E-state index in [1.165, 1.54) is 0 Å². The lowest BCUT2D eigenvalue weighted by Crippen LogP contribution is -2.36. The van der Waals surface area contributed by atoms with Gasteiger partial charge in [-0.3, -0.25) is 19.1 Å². The number of carbonyl (C=O) groups is 1. The Morgan fingerprint density at radius 3 is 2.79 bits per heavy atom. The van der Waals surface area contributed by atoms with Crippen molar-refractivity contribution in [3.05, 3.63) is 75.2 Å². The summed E-state index contributed by atoms with van der Waals surface area (Å²) in [6, 6.07) is 10.4. The molecule has 0 bridgehead atoms. The lowest BCUT2D eigenvalue weighted by atomic mass is 10.2. The van der Waals surface area contributed by atoms with E-state index in [1.54, 1.807) is 42.7 Å². The Labute approximate surface area is 137 Å². The second kappa shape index (κ2) is 6.91. The molecule has 0 saturated carbocycles. The van der Waals surface area contributed by atoms with Crippen molar-refractivity contribution in [1.29, 1.82) is 0 Å². The van der Waals surface area contributed by atoms with Crippen molar-refractivity contribution in [1.82, 2.24) is 19.9 Å². The Balaban J connectivity index is 1.68. The number of nitrogens with one attached hydrogen (secondary N) is 2. The molecule has 0 aliphatic carbocycles. The largest absolute Gasteiger partial charge is 0.352 e. The monoisotopic (exact) mass is 324 g/mol. The molecule has 0 unspecified atom stereocenters. The van der Waals surface area contributed by atoms with Crippen LogP contribution in [0.15, 0.2) is 58.4 Å². The summed E-state index contributed by atoms with van der Waals surface area (Å²) in [6.45, 7) is 0.382. The third-order valence-corrected chi connectivity index (χ3v) is 3.66. The maximum Gasteiger partial charge on any atom is 0.328 e. The van der Waals surface area contributed by atoms with Crippen LogP contribution < -0.4 is 16.6 Å². The van der Waals surface area contributed by atoms with E-state index in [4.69, 9.17) is 0 Å². The van der Waals surface area contributed by atoms with Gasteiger partial charge in [-0.05, 0) is 23.8 Å². The van der Waals surface area contributed by atoms with Gasteiger partial charge in [0.1, 0.15) is 0 Å². The second-order valence-electron chi connectivity index (χ2n) is 5.32. The van der Waals surface area contributed by atoms with Crippen LogP contribution >= 0.6 is 0 Å². The van der Waals surface area contributed by atoms with E-state index in [0.29, 0.717) is 17.4 Å². The number of amides is 1. The number of benzene rings is 1. The Hall–Kier alpha value is -3.22. The maximum atomic E-state index is 12.3. The summed E-state index contributed by atoms with van der Waals surface area (Å²) in [4.78, 5) is 42.9. The van der Waals surface area contributed by atoms with Gasteiger partial charge in [0.25, 0.3) is 5.56 Å². The van der Waals surface area contributed by atoms with Crippen LogP contribution in [0.2, 0.25) is 0 Å². The van der Waals surface area contributed by atoms with E-state index in [2.05, 4.69) is 15.3 Å². The van der Waals surface area contributed by atoms with Gasteiger partial charge in [0.15, 0.2) is 0 Å². The molecule has 122 valence electrons. The van der Waals surface area contributed by atoms with E-state index in [9.17, 15) is 14.4 Å². The SMILES string of the molecule is O=C(CCn1c(=O)[nH]c2ccccc2c1=O)NCc1cccnc1. The normalized spacial score (nSPS) is 10.7. The van der Waals surface area contributed by atoms with Gasteiger partial charge in [-0.2, -0.15) is 0 Å². The molecule has 0 atom stereocenters. The molecular formula is C17H16N4O3. The smallest absolute Gasteiger partial charge is 0.328 e. The molecule has 0 aliphatic rings. The fourth-order valence-electron chi connectivity index (χ4n) is 2.41. The molecule has 0 aliphatic heterocycles. The number of hydrogen-bond donors (Lipinski definition) is 2. The van der Waals surface area contributed by atoms with Gasteiger partial charge in [0.2, 0.25) is 5.91 Å². The van der Waals surface area contributed by atoms with Gasteiger partial charge in [0, 0.05) is 31.9 Å². The third-order valence-electron chi connectivity index (χ3n) is 3.66. The number of para-hydroxylation sites is 1. The first-order chi connectivity index (χ1) is 11.6. The van der Waals surface area contributed by atoms with Gasteiger partial charge < -0.3 is 10.3 Å². The Morgan fingerprint density at radius 1 is 1.17 bits per heavy atom. The van der Waals surface area contributed by atoms with Gasteiger partial charge in [-0.25, -0.2) is 4.79 Å². The molecule has 7 nitrogen and oxygen atoms in total. The van der Waals surface area contributed by atoms with Gasteiger partial charge in [-0.1, -0.05) is 18.2 Å². The van der Waals surface area contributed by atoms with Crippen molar-refractivity contribution in [2.45, 2.75) is 19.5 Å². The summed E-state index contributed by atoms with van der Waals surface area (Å²) in [6.07, 6.45) is 3.37. The van der Waals surface area contributed by atoms with Crippen molar-refractivity contribution in [2.24, 2.45) is 0 Å². The number of carbonyl (C=O) groups excluding carboxylic acids is 1. The number of rotatable bonds is 5. The molecule has 3 rings (SSSR count). The molecule has 0 spiro atoms. The van der Waals surface area contributed by atoms with Crippen molar-refractivity contribution in [3.63, 3.8) is 0 Å². The van der Waals surface area contributed by atoms with E-state index in [0.717, 1.165) is 10.1 Å². The summed E-state index contributed by atoms with van der Waals surface area (Å²) in [7, 11) is 0. The first-order valence-corrected chi connectivity index (χ1v) is 7.52. The average molecular weight is 324 g/mol. The zero-order chi connectivity index (χ0) is 16.9. The van der Waals surface area contributed by atoms with E-state index >= 15 is 0 Å². The van der Waals surface area contributed by atoms with Gasteiger partial charge >= 0.3 is 5.69 Å². The van der Waals surface area contributed by atoms with Gasteiger partial charge in [-0.15, -0.1) is 0 Å². The standard InChI is InChI=1S/C17H16N4O3/c22-15(19-11-12-4-3-8-18-10-12)7-9-21-16(23)13-5-1-2-6-14(13)20-17(21)24/h1-6,8,10H,7,9,11H2,(H,19,22)(H,20,24). The second-order valence-corrected chi connectivity index (χ2v) is 5.32. The quantitative estimate of drug-likeness (QED) is 0.725. The van der Waals surface area contributed by atoms with Crippen molar-refractivity contribution >= 4 is 16.8 Å². The van der Waals surface area contributed by atoms with E-state index in [1.807, 2.05) is 6.07 Å². The van der Waals surface area contributed by atoms with Crippen LogP contribution in [0, 0.1) is 0 Å². The van der Waals surface area contributed by atoms with Crippen LogP contribution in [0.5, 0.6) is 0 Å². The predicted molar refractivity (Wildman–Crippen MR) is 89.5 cm³/mol. The van der Waals surface area contributed by atoms with E-state index in [-0.39, 0.29) is 18.9 Å². The van der Waals surface area contributed by atoms with Gasteiger partial charge in [0.05, 0.1) is 10.9 Å². The van der Waals surface area contributed by atoms with Crippen molar-refractivity contribution < 1.29 is 4.79 Å². The van der Waals surface area contributed by atoms with E-state index < -0.39 is 11.2 Å². The van der Waals surface area contributed by atoms with Crippen LogP contribution in [0.3, 0.4) is 0 Å². The third kappa shape index (κ3) is 3.40. The van der Waals surface area contributed by atoms with Crippen molar-refractivity contribution in [2.75, 3.05) is 0 Å². The fourth-order valence-corrected chi connectivity index (χ4v) is 2.41. The zero-order valence-electron chi connectivity index (χ0n) is 12.9.